The van der Waals surface area contributed by atoms with Gasteiger partial charge < -0.3 is 15.8 Å². The van der Waals surface area contributed by atoms with Crippen molar-refractivity contribution >= 4 is 6.09 Å². The molecule has 1 rings (SSSR count). The highest BCUT2D eigenvalue weighted by molar-refractivity contribution is 5.67. The second-order valence-electron chi connectivity index (χ2n) is 4.38. The molecule has 0 saturated heterocycles. The van der Waals surface area contributed by atoms with Gasteiger partial charge in [-0.05, 0) is 19.8 Å². The van der Waals surface area contributed by atoms with Crippen LogP contribution in [-0.2, 0) is 4.74 Å². The number of carbonyl (C=O) groups is 1. The number of alkyl carbamates (subject to hydrolysis) is 1. The highest BCUT2D eigenvalue weighted by atomic mass is 16.5. The monoisotopic (exact) mass is 214 g/mol. The zero-order valence-corrected chi connectivity index (χ0v) is 9.55. The number of ether oxygens (including phenoxy) is 1. The summed E-state index contributed by atoms with van der Waals surface area (Å²) in [5.41, 5.74) is 5.91. The van der Waals surface area contributed by atoms with Crippen molar-refractivity contribution in [1.82, 2.24) is 5.32 Å². The summed E-state index contributed by atoms with van der Waals surface area (Å²) in [4.78, 5) is 11.1. The fourth-order valence-corrected chi connectivity index (χ4v) is 1.98. The fraction of sp³-hybridized carbons (Fsp3) is 0.909. The molecule has 88 valence electrons. The Labute approximate surface area is 91.5 Å². The molecule has 0 aromatic heterocycles. The molecule has 0 atom stereocenters. The standard InChI is InChI=1S/C11H22N2O2/c1-2-13-10(14)15-9-11(12)7-5-3-4-6-8-11/h2-9,12H2,1H3,(H,13,14). The topological polar surface area (TPSA) is 64.3 Å². The van der Waals surface area contributed by atoms with E-state index in [1.165, 1.54) is 12.8 Å². The van der Waals surface area contributed by atoms with E-state index in [-0.39, 0.29) is 11.6 Å². The number of carbonyl (C=O) groups excluding carboxylic acids is 1. The molecule has 1 fully saturated rings. The lowest BCUT2D eigenvalue weighted by molar-refractivity contribution is 0.111. The van der Waals surface area contributed by atoms with Crippen LogP contribution in [-0.4, -0.2) is 24.8 Å². The van der Waals surface area contributed by atoms with Crippen molar-refractivity contribution in [3.8, 4) is 0 Å². The minimum absolute atomic E-state index is 0.290. The van der Waals surface area contributed by atoms with Gasteiger partial charge >= 0.3 is 6.09 Å². The maximum atomic E-state index is 11.1. The van der Waals surface area contributed by atoms with E-state index >= 15 is 0 Å². The molecule has 0 unspecified atom stereocenters. The van der Waals surface area contributed by atoms with Gasteiger partial charge in [0, 0.05) is 6.54 Å². The third kappa shape index (κ3) is 4.51. The number of hydrogen-bond donors (Lipinski definition) is 2. The molecule has 0 bridgehead atoms. The average molecular weight is 214 g/mol. The minimum atomic E-state index is -0.355. The Balaban J connectivity index is 2.30. The first-order valence-electron chi connectivity index (χ1n) is 5.86. The summed E-state index contributed by atoms with van der Waals surface area (Å²) in [6.45, 7) is 2.81. The average Bonchev–Trinajstić information content (AvgIpc) is 2.42. The van der Waals surface area contributed by atoms with Crippen molar-refractivity contribution < 1.29 is 9.53 Å². The molecule has 1 saturated carbocycles. The van der Waals surface area contributed by atoms with E-state index in [0.29, 0.717) is 13.2 Å². The van der Waals surface area contributed by atoms with Crippen LogP contribution in [0.15, 0.2) is 0 Å². The van der Waals surface area contributed by atoms with Gasteiger partial charge in [0.1, 0.15) is 6.61 Å². The summed E-state index contributed by atoms with van der Waals surface area (Å²) < 4.78 is 5.11. The van der Waals surface area contributed by atoms with Crippen LogP contribution in [0, 0.1) is 0 Å². The molecule has 15 heavy (non-hydrogen) atoms. The Hall–Kier alpha value is -0.770. The number of amides is 1. The molecule has 1 amide bonds. The Morgan fingerprint density at radius 1 is 1.33 bits per heavy atom. The van der Waals surface area contributed by atoms with Gasteiger partial charge in [-0.2, -0.15) is 0 Å². The van der Waals surface area contributed by atoms with Crippen molar-refractivity contribution in [2.45, 2.75) is 51.0 Å². The van der Waals surface area contributed by atoms with Gasteiger partial charge in [0.15, 0.2) is 0 Å². The summed E-state index contributed by atoms with van der Waals surface area (Å²) in [6.07, 6.45) is 6.37. The Bertz CT molecular complexity index is 199. The van der Waals surface area contributed by atoms with Crippen molar-refractivity contribution in [3.63, 3.8) is 0 Å². The molecule has 4 heteroatoms. The summed E-state index contributed by atoms with van der Waals surface area (Å²) in [6, 6.07) is 0. The Morgan fingerprint density at radius 3 is 2.47 bits per heavy atom. The van der Waals surface area contributed by atoms with E-state index in [9.17, 15) is 4.79 Å². The lowest BCUT2D eigenvalue weighted by Crippen LogP contribution is -2.45. The van der Waals surface area contributed by atoms with Gasteiger partial charge in [-0.25, -0.2) is 4.79 Å². The van der Waals surface area contributed by atoms with E-state index in [4.69, 9.17) is 10.5 Å². The zero-order valence-electron chi connectivity index (χ0n) is 9.55. The number of rotatable bonds is 3. The molecule has 1 aliphatic carbocycles. The van der Waals surface area contributed by atoms with E-state index in [0.717, 1.165) is 25.7 Å². The quantitative estimate of drug-likeness (QED) is 0.704. The summed E-state index contributed by atoms with van der Waals surface area (Å²) in [5, 5.41) is 2.60. The summed E-state index contributed by atoms with van der Waals surface area (Å²) in [7, 11) is 0. The molecule has 0 spiro atoms. The Kier molecular flexibility index (Phi) is 4.88. The van der Waals surface area contributed by atoms with Crippen LogP contribution in [0.2, 0.25) is 0 Å². The maximum absolute atomic E-state index is 11.1. The number of nitrogens with two attached hydrogens (primary N) is 1. The molecule has 3 N–H and O–H groups in total. The number of nitrogens with one attached hydrogen (secondary N) is 1. The molecular weight excluding hydrogens is 192 g/mol. The SMILES string of the molecule is CCNC(=O)OCC1(N)CCCCCC1. The van der Waals surface area contributed by atoms with Gasteiger partial charge in [0.2, 0.25) is 0 Å². The summed E-state index contributed by atoms with van der Waals surface area (Å²) >= 11 is 0. The first kappa shape index (κ1) is 12.3. The molecule has 1 aliphatic rings. The zero-order chi connectivity index (χ0) is 11.1. The molecule has 0 heterocycles. The van der Waals surface area contributed by atoms with Gasteiger partial charge in [0.25, 0.3) is 0 Å². The van der Waals surface area contributed by atoms with Gasteiger partial charge in [-0.1, -0.05) is 25.7 Å². The lowest BCUT2D eigenvalue weighted by atomic mass is 9.93. The van der Waals surface area contributed by atoms with Crippen molar-refractivity contribution in [3.05, 3.63) is 0 Å². The van der Waals surface area contributed by atoms with Gasteiger partial charge in [0.05, 0.1) is 5.54 Å². The van der Waals surface area contributed by atoms with Crippen LogP contribution in [0.25, 0.3) is 0 Å². The van der Waals surface area contributed by atoms with E-state index in [1.807, 2.05) is 6.92 Å². The third-order valence-electron chi connectivity index (χ3n) is 2.91. The van der Waals surface area contributed by atoms with E-state index in [2.05, 4.69) is 5.32 Å². The van der Waals surface area contributed by atoms with Gasteiger partial charge in [-0.3, -0.25) is 0 Å². The number of hydrogen-bond acceptors (Lipinski definition) is 3. The molecule has 0 aliphatic heterocycles. The van der Waals surface area contributed by atoms with Crippen molar-refractivity contribution in [2.24, 2.45) is 5.73 Å². The normalized spacial score (nSPS) is 20.4. The highest BCUT2D eigenvalue weighted by Gasteiger charge is 2.27. The van der Waals surface area contributed by atoms with Crippen LogP contribution < -0.4 is 11.1 Å². The second kappa shape index (κ2) is 5.95. The van der Waals surface area contributed by atoms with E-state index in [1.54, 1.807) is 0 Å². The predicted molar refractivity (Wildman–Crippen MR) is 59.6 cm³/mol. The van der Waals surface area contributed by atoms with Crippen LogP contribution >= 0.6 is 0 Å². The maximum Gasteiger partial charge on any atom is 0.407 e. The lowest BCUT2D eigenvalue weighted by Gasteiger charge is -2.27. The molecule has 4 nitrogen and oxygen atoms in total. The predicted octanol–water partition coefficient (Wildman–Crippen LogP) is 1.78. The van der Waals surface area contributed by atoms with Crippen molar-refractivity contribution in [2.75, 3.05) is 13.2 Å². The second-order valence-corrected chi connectivity index (χ2v) is 4.38. The molecule has 0 aromatic rings. The first-order valence-corrected chi connectivity index (χ1v) is 5.86. The van der Waals surface area contributed by atoms with Crippen LogP contribution in [0.4, 0.5) is 4.79 Å². The molecular formula is C11H22N2O2. The Morgan fingerprint density at radius 2 is 1.93 bits per heavy atom. The first-order chi connectivity index (χ1) is 7.16. The third-order valence-corrected chi connectivity index (χ3v) is 2.91. The van der Waals surface area contributed by atoms with Crippen LogP contribution in [0.5, 0.6) is 0 Å². The summed E-state index contributed by atoms with van der Waals surface area (Å²) in [5.74, 6) is 0. The van der Waals surface area contributed by atoms with E-state index < -0.39 is 0 Å². The largest absolute Gasteiger partial charge is 0.448 e. The van der Waals surface area contributed by atoms with Crippen LogP contribution in [0.1, 0.15) is 45.4 Å². The molecule has 0 radical (unpaired) electrons. The fourth-order valence-electron chi connectivity index (χ4n) is 1.98. The highest BCUT2D eigenvalue weighted by Crippen LogP contribution is 2.25. The van der Waals surface area contributed by atoms with Crippen molar-refractivity contribution in [1.29, 1.82) is 0 Å². The minimum Gasteiger partial charge on any atom is -0.448 e. The van der Waals surface area contributed by atoms with Crippen LogP contribution in [0.3, 0.4) is 0 Å². The van der Waals surface area contributed by atoms with Gasteiger partial charge in [-0.15, -0.1) is 0 Å². The molecule has 0 aromatic carbocycles. The smallest absolute Gasteiger partial charge is 0.407 e.